The van der Waals surface area contributed by atoms with E-state index in [1.807, 2.05) is 24.3 Å². The highest BCUT2D eigenvalue weighted by molar-refractivity contribution is 9.13. The number of nitrogens with one attached hydrogen (secondary N) is 1. The van der Waals surface area contributed by atoms with Crippen molar-refractivity contribution in [2.45, 2.75) is 6.04 Å². The Hall–Kier alpha value is -0.910. The van der Waals surface area contributed by atoms with Gasteiger partial charge in [0.2, 0.25) is 0 Å². The van der Waals surface area contributed by atoms with E-state index in [2.05, 4.69) is 37.2 Å². The Kier molecular flexibility index (Phi) is 4.96. The molecule has 100 valence electrons. The molecule has 5 heteroatoms. The van der Waals surface area contributed by atoms with Gasteiger partial charge in [-0.25, -0.2) is 4.39 Å². The van der Waals surface area contributed by atoms with Crippen LogP contribution >= 0.6 is 31.9 Å². The molecule has 0 bridgehead atoms. The van der Waals surface area contributed by atoms with Gasteiger partial charge >= 0.3 is 0 Å². The molecule has 0 saturated carbocycles. The van der Waals surface area contributed by atoms with Gasteiger partial charge in [0.25, 0.3) is 0 Å². The zero-order valence-corrected chi connectivity index (χ0v) is 13.2. The van der Waals surface area contributed by atoms with Gasteiger partial charge in [-0.3, -0.25) is 0 Å². The highest BCUT2D eigenvalue weighted by Crippen LogP contribution is 2.27. The van der Waals surface area contributed by atoms with Crippen LogP contribution in [0.15, 0.2) is 51.4 Å². The third kappa shape index (κ3) is 3.78. The summed E-state index contributed by atoms with van der Waals surface area (Å²) in [4.78, 5) is 0. The van der Waals surface area contributed by atoms with Crippen molar-refractivity contribution in [1.29, 1.82) is 0 Å². The zero-order valence-electron chi connectivity index (χ0n) is 10.0. The fourth-order valence-corrected chi connectivity index (χ4v) is 2.43. The fourth-order valence-electron chi connectivity index (χ4n) is 1.79. The Morgan fingerprint density at radius 2 is 1.89 bits per heavy atom. The van der Waals surface area contributed by atoms with E-state index in [0.29, 0.717) is 6.54 Å². The molecule has 0 heterocycles. The second-order valence-corrected chi connectivity index (χ2v) is 5.83. The number of rotatable bonds is 4. The average molecular weight is 388 g/mol. The molecule has 0 aliphatic heterocycles. The maximum atomic E-state index is 13.2. The summed E-state index contributed by atoms with van der Waals surface area (Å²) in [5, 5.41) is 3.23. The van der Waals surface area contributed by atoms with Crippen molar-refractivity contribution >= 4 is 37.5 Å². The van der Waals surface area contributed by atoms with Crippen LogP contribution in [0.2, 0.25) is 0 Å². The van der Waals surface area contributed by atoms with Crippen molar-refractivity contribution in [2.24, 2.45) is 5.73 Å². The number of hydrogen-bond acceptors (Lipinski definition) is 2. The summed E-state index contributed by atoms with van der Waals surface area (Å²) in [5.74, 6) is -0.266. The first kappa shape index (κ1) is 14.5. The first-order valence-corrected chi connectivity index (χ1v) is 7.36. The lowest BCUT2D eigenvalue weighted by atomic mass is 10.1. The maximum Gasteiger partial charge on any atom is 0.125 e. The quantitative estimate of drug-likeness (QED) is 0.812. The Labute approximate surface area is 128 Å². The topological polar surface area (TPSA) is 38.0 Å². The van der Waals surface area contributed by atoms with E-state index in [-0.39, 0.29) is 11.9 Å². The third-order valence-corrected chi connectivity index (χ3v) is 4.63. The van der Waals surface area contributed by atoms with E-state index >= 15 is 0 Å². The summed E-state index contributed by atoms with van der Waals surface area (Å²) in [6.07, 6.45) is 0. The highest BCUT2D eigenvalue weighted by atomic mass is 79.9. The summed E-state index contributed by atoms with van der Waals surface area (Å²) >= 11 is 6.89. The fraction of sp³-hybridized carbons (Fsp3) is 0.143. The molecule has 0 radical (unpaired) electrons. The van der Waals surface area contributed by atoms with E-state index in [4.69, 9.17) is 5.73 Å². The van der Waals surface area contributed by atoms with Gasteiger partial charge in [0.05, 0.1) is 6.04 Å². The van der Waals surface area contributed by atoms with E-state index < -0.39 is 0 Å². The van der Waals surface area contributed by atoms with Crippen molar-refractivity contribution in [3.8, 4) is 0 Å². The molecule has 0 saturated heterocycles. The van der Waals surface area contributed by atoms with Crippen LogP contribution in [0.1, 0.15) is 11.6 Å². The standard InChI is InChI=1S/C14H13Br2FN2/c15-12-5-4-9(6-13(12)16)14(8-18)19-11-3-1-2-10(17)7-11/h1-7,14,19H,8,18H2. The monoisotopic (exact) mass is 386 g/mol. The molecular formula is C14H13Br2FN2. The van der Waals surface area contributed by atoms with Crippen LogP contribution < -0.4 is 11.1 Å². The molecule has 0 amide bonds. The molecule has 2 rings (SSSR count). The Bertz CT molecular complexity index is 575. The first-order chi connectivity index (χ1) is 9.10. The molecule has 0 spiro atoms. The molecule has 0 aromatic heterocycles. The second-order valence-electron chi connectivity index (χ2n) is 4.12. The summed E-state index contributed by atoms with van der Waals surface area (Å²) in [5.41, 5.74) is 7.56. The van der Waals surface area contributed by atoms with Gasteiger partial charge in [-0.15, -0.1) is 0 Å². The summed E-state index contributed by atoms with van der Waals surface area (Å²) in [6.45, 7) is 0.421. The molecule has 1 atom stereocenters. The minimum Gasteiger partial charge on any atom is -0.377 e. The van der Waals surface area contributed by atoms with Gasteiger partial charge in [0.1, 0.15) is 5.82 Å². The van der Waals surface area contributed by atoms with Gasteiger partial charge in [-0.05, 0) is 67.8 Å². The number of hydrogen-bond donors (Lipinski definition) is 2. The number of nitrogens with two attached hydrogens (primary N) is 1. The van der Waals surface area contributed by atoms with Crippen LogP contribution in [-0.2, 0) is 0 Å². The predicted octanol–water partition coefficient (Wildman–Crippen LogP) is 4.46. The maximum absolute atomic E-state index is 13.2. The summed E-state index contributed by atoms with van der Waals surface area (Å²) in [6, 6.07) is 12.2. The number of halogens is 3. The lowest BCUT2D eigenvalue weighted by Crippen LogP contribution is -2.20. The minimum atomic E-state index is -0.266. The molecule has 1 unspecified atom stereocenters. The molecule has 0 aliphatic rings. The van der Waals surface area contributed by atoms with Crippen LogP contribution in [0, 0.1) is 5.82 Å². The van der Waals surface area contributed by atoms with Crippen LogP contribution in [0.25, 0.3) is 0 Å². The average Bonchev–Trinajstić information content (AvgIpc) is 2.39. The van der Waals surface area contributed by atoms with Crippen molar-refractivity contribution in [1.82, 2.24) is 0 Å². The molecule has 3 N–H and O–H groups in total. The van der Waals surface area contributed by atoms with Gasteiger partial charge in [0.15, 0.2) is 0 Å². The zero-order chi connectivity index (χ0) is 13.8. The summed E-state index contributed by atoms with van der Waals surface area (Å²) < 4.78 is 15.1. The van der Waals surface area contributed by atoms with E-state index in [1.54, 1.807) is 6.07 Å². The minimum absolute atomic E-state index is 0.0637. The van der Waals surface area contributed by atoms with Crippen LogP contribution in [0.4, 0.5) is 10.1 Å². The summed E-state index contributed by atoms with van der Waals surface area (Å²) in [7, 11) is 0. The lowest BCUT2D eigenvalue weighted by molar-refractivity contribution is 0.627. The van der Waals surface area contributed by atoms with Crippen molar-refractivity contribution in [3.63, 3.8) is 0 Å². The van der Waals surface area contributed by atoms with Crippen molar-refractivity contribution in [3.05, 3.63) is 62.8 Å². The predicted molar refractivity (Wildman–Crippen MR) is 83.7 cm³/mol. The van der Waals surface area contributed by atoms with Crippen LogP contribution in [-0.4, -0.2) is 6.54 Å². The van der Waals surface area contributed by atoms with Gasteiger partial charge < -0.3 is 11.1 Å². The molecule has 2 nitrogen and oxygen atoms in total. The number of anilines is 1. The lowest BCUT2D eigenvalue weighted by Gasteiger charge is -2.19. The normalized spacial score (nSPS) is 12.2. The Morgan fingerprint density at radius 1 is 1.11 bits per heavy atom. The van der Waals surface area contributed by atoms with Crippen molar-refractivity contribution in [2.75, 3.05) is 11.9 Å². The molecule has 2 aromatic rings. The van der Waals surface area contributed by atoms with Crippen LogP contribution in [0.5, 0.6) is 0 Å². The highest BCUT2D eigenvalue weighted by Gasteiger charge is 2.11. The second kappa shape index (κ2) is 6.50. The Balaban J connectivity index is 2.22. The molecular weight excluding hydrogens is 375 g/mol. The first-order valence-electron chi connectivity index (χ1n) is 5.77. The van der Waals surface area contributed by atoms with E-state index in [9.17, 15) is 4.39 Å². The van der Waals surface area contributed by atoms with Crippen LogP contribution in [0.3, 0.4) is 0 Å². The van der Waals surface area contributed by atoms with Gasteiger partial charge in [-0.1, -0.05) is 12.1 Å². The van der Waals surface area contributed by atoms with E-state index in [1.165, 1.54) is 12.1 Å². The molecule has 2 aromatic carbocycles. The Morgan fingerprint density at radius 3 is 2.53 bits per heavy atom. The molecule has 0 aliphatic carbocycles. The van der Waals surface area contributed by atoms with Gasteiger partial charge in [0, 0.05) is 21.2 Å². The SMILES string of the molecule is NCC(Nc1cccc(F)c1)c1ccc(Br)c(Br)c1. The largest absolute Gasteiger partial charge is 0.377 e. The van der Waals surface area contributed by atoms with E-state index in [0.717, 1.165) is 20.2 Å². The van der Waals surface area contributed by atoms with Crippen molar-refractivity contribution < 1.29 is 4.39 Å². The number of benzene rings is 2. The molecule has 19 heavy (non-hydrogen) atoms. The third-order valence-electron chi connectivity index (χ3n) is 2.75. The molecule has 0 fully saturated rings. The smallest absolute Gasteiger partial charge is 0.125 e. The van der Waals surface area contributed by atoms with Gasteiger partial charge in [-0.2, -0.15) is 0 Å².